The quantitative estimate of drug-likeness (QED) is 0.748. The molecule has 30 heavy (non-hydrogen) atoms. The lowest BCUT2D eigenvalue weighted by Crippen LogP contribution is -2.60. The van der Waals surface area contributed by atoms with Gasteiger partial charge in [0.25, 0.3) is 0 Å². The first kappa shape index (κ1) is 20.4. The predicted octanol–water partition coefficient (Wildman–Crippen LogP) is 2.90. The van der Waals surface area contributed by atoms with Gasteiger partial charge in [-0.3, -0.25) is 9.28 Å². The summed E-state index contributed by atoms with van der Waals surface area (Å²) < 4.78 is 1.00. The van der Waals surface area contributed by atoms with Crippen LogP contribution in [0.15, 0.2) is 12.1 Å². The summed E-state index contributed by atoms with van der Waals surface area (Å²) in [5, 5.41) is 13.5. The molecule has 4 fully saturated rings. The molecule has 4 aliphatic rings. The molecule has 1 amide bonds. The van der Waals surface area contributed by atoms with Crippen LogP contribution in [0.1, 0.15) is 64.0 Å². The van der Waals surface area contributed by atoms with Gasteiger partial charge in [-0.15, -0.1) is 0 Å². The van der Waals surface area contributed by atoms with Gasteiger partial charge < -0.3 is 15.3 Å². The Morgan fingerprint density at radius 3 is 2.63 bits per heavy atom. The number of aliphatic hydroxyl groups excluding tert-OH is 1. The van der Waals surface area contributed by atoms with E-state index < -0.39 is 0 Å². The number of hydrogen-bond donors (Lipinski definition) is 2. The van der Waals surface area contributed by atoms with Gasteiger partial charge in [-0.2, -0.15) is 4.98 Å². The number of pyridine rings is 1. The standard InChI is InChI=1S/C24H37N4O2/c1-17-4-3-15-28(17,19-9-13-25-16-19)22-6-5-21(18(2)26-22)27-14-12-24(23(27)30)10-7-20(29)8-11-24/h5-6,17,19-20,25,29H,3-4,7-16H2,1-2H3/q+1/t17-,19+,20?,24?,28?/m0/s1. The van der Waals surface area contributed by atoms with Crippen LogP contribution in [0, 0.1) is 12.3 Å². The maximum absolute atomic E-state index is 13.4. The molecule has 4 heterocycles. The zero-order valence-corrected chi connectivity index (χ0v) is 18.6. The molecule has 2 N–H and O–H groups in total. The number of quaternary nitrogens is 1. The van der Waals surface area contributed by atoms with Crippen molar-refractivity contribution in [3.05, 3.63) is 17.8 Å². The van der Waals surface area contributed by atoms with Crippen molar-refractivity contribution < 1.29 is 9.90 Å². The van der Waals surface area contributed by atoms with Gasteiger partial charge in [0.2, 0.25) is 11.7 Å². The third kappa shape index (κ3) is 3.02. The van der Waals surface area contributed by atoms with Crippen molar-refractivity contribution in [2.45, 2.75) is 83.4 Å². The van der Waals surface area contributed by atoms with E-state index in [4.69, 9.17) is 4.98 Å². The maximum Gasteiger partial charge on any atom is 0.233 e. The molecule has 164 valence electrons. The Morgan fingerprint density at radius 2 is 2.00 bits per heavy atom. The molecule has 3 atom stereocenters. The van der Waals surface area contributed by atoms with Crippen LogP contribution in [0.5, 0.6) is 0 Å². The summed E-state index contributed by atoms with van der Waals surface area (Å²) in [6.45, 7) is 8.60. The van der Waals surface area contributed by atoms with Gasteiger partial charge in [0.15, 0.2) is 0 Å². The van der Waals surface area contributed by atoms with Crippen LogP contribution in [0.25, 0.3) is 0 Å². The fourth-order valence-corrected chi connectivity index (χ4v) is 6.93. The van der Waals surface area contributed by atoms with E-state index in [1.165, 1.54) is 31.6 Å². The van der Waals surface area contributed by atoms with Gasteiger partial charge in [0.1, 0.15) is 6.04 Å². The second kappa shape index (κ2) is 7.57. The normalized spacial score (nSPS) is 39.4. The molecular formula is C24H37N4O2+. The average molecular weight is 414 g/mol. The number of carbonyl (C=O) groups is 1. The molecular weight excluding hydrogens is 376 g/mol. The molecule has 3 aliphatic heterocycles. The van der Waals surface area contributed by atoms with Gasteiger partial charge in [-0.25, -0.2) is 0 Å². The average Bonchev–Trinajstić information content (AvgIpc) is 3.46. The van der Waals surface area contributed by atoms with Gasteiger partial charge in [-0.1, -0.05) is 0 Å². The Morgan fingerprint density at radius 1 is 1.20 bits per heavy atom. The van der Waals surface area contributed by atoms with E-state index in [0.717, 1.165) is 67.6 Å². The molecule has 1 saturated carbocycles. The van der Waals surface area contributed by atoms with Crippen LogP contribution in [-0.2, 0) is 4.79 Å². The number of nitrogens with zero attached hydrogens (tertiary/aromatic N) is 3. The second-order valence-electron chi connectivity index (χ2n) is 10.3. The van der Waals surface area contributed by atoms with Crippen molar-refractivity contribution >= 4 is 17.4 Å². The van der Waals surface area contributed by atoms with E-state index in [2.05, 4.69) is 31.3 Å². The van der Waals surface area contributed by atoms with Crippen molar-refractivity contribution in [2.24, 2.45) is 5.41 Å². The molecule has 6 nitrogen and oxygen atoms in total. The molecule has 1 aliphatic carbocycles. The van der Waals surface area contributed by atoms with Crippen LogP contribution >= 0.6 is 0 Å². The molecule has 0 bridgehead atoms. The Hall–Kier alpha value is -1.50. The first-order valence-electron chi connectivity index (χ1n) is 12.0. The number of aliphatic hydroxyl groups is 1. The number of anilines is 1. The highest BCUT2D eigenvalue weighted by Gasteiger charge is 2.51. The Bertz CT molecular complexity index is 813. The van der Waals surface area contributed by atoms with Crippen LogP contribution in [0.2, 0.25) is 0 Å². The SMILES string of the molecule is Cc1nc([N+]2([C@@H]3CCNC3)CCC[C@@H]2C)ccc1N1CCC2(CCC(O)CC2)C1=O. The van der Waals surface area contributed by atoms with Gasteiger partial charge in [0, 0.05) is 45.0 Å². The third-order valence-corrected chi connectivity index (χ3v) is 8.81. The lowest BCUT2D eigenvalue weighted by atomic mass is 9.72. The van der Waals surface area contributed by atoms with Crippen molar-refractivity contribution in [2.75, 3.05) is 31.1 Å². The van der Waals surface area contributed by atoms with Crippen molar-refractivity contribution in [1.82, 2.24) is 14.8 Å². The zero-order valence-electron chi connectivity index (χ0n) is 18.6. The summed E-state index contributed by atoms with van der Waals surface area (Å²) in [5.74, 6) is 1.45. The Kier molecular flexibility index (Phi) is 5.15. The molecule has 6 heteroatoms. The number of aryl methyl sites for hydroxylation is 1. The molecule has 1 aromatic heterocycles. The second-order valence-corrected chi connectivity index (χ2v) is 10.3. The van der Waals surface area contributed by atoms with Crippen LogP contribution in [0.3, 0.4) is 0 Å². The summed E-state index contributed by atoms with van der Waals surface area (Å²) in [6, 6.07) is 5.58. The summed E-state index contributed by atoms with van der Waals surface area (Å²) >= 11 is 0. The van der Waals surface area contributed by atoms with Crippen molar-refractivity contribution in [3.8, 4) is 0 Å². The van der Waals surface area contributed by atoms with Crippen LogP contribution in [0.4, 0.5) is 11.5 Å². The number of hydrogen-bond acceptors (Lipinski definition) is 4. The van der Waals surface area contributed by atoms with E-state index in [0.29, 0.717) is 12.1 Å². The largest absolute Gasteiger partial charge is 0.393 e. The van der Waals surface area contributed by atoms with E-state index in [1.807, 2.05) is 4.90 Å². The molecule has 1 spiro atoms. The minimum Gasteiger partial charge on any atom is -0.393 e. The first-order valence-corrected chi connectivity index (χ1v) is 12.0. The van der Waals surface area contributed by atoms with E-state index in [-0.39, 0.29) is 17.4 Å². The van der Waals surface area contributed by atoms with Crippen LogP contribution < -0.4 is 14.7 Å². The van der Waals surface area contributed by atoms with Gasteiger partial charge in [0.05, 0.1) is 35.5 Å². The fraction of sp³-hybridized carbons (Fsp3) is 0.750. The smallest absolute Gasteiger partial charge is 0.233 e. The summed E-state index contributed by atoms with van der Waals surface area (Å²) in [7, 11) is 0. The molecule has 1 aromatic rings. The van der Waals surface area contributed by atoms with E-state index in [1.54, 1.807) is 0 Å². The predicted molar refractivity (Wildman–Crippen MR) is 119 cm³/mol. The maximum atomic E-state index is 13.4. The summed E-state index contributed by atoms with van der Waals surface area (Å²) in [6.07, 6.45) is 7.56. The van der Waals surface area contributed by atoms with E-state index in [9.17, 15) is 9.90 Å². The summed E-state index contributed by atoms with van der Waals surface area (Å²) in [4.78, 5) is 20.6. The monoisotopic (exact) mass is 413 g/mol. The third-order valence-electron chi connectivity index (χ3n) is 8.81. The number of nitrogens with one attached hydrogen (secondary N) is 1. The zero-order chi connectivity index (χ0) is 20.9. The van der Waals surface area contributed by atoms with Crippen LogP contribution in [-0.4, -0.2) is 60.4 Å². The lowest BCUT2D eigenvalue weighted by Gasteiger charge is -2.42. The fourth-order valence-electron chi connectivity index (χ4n) is 6.93. The molecule has 0 aromatic carbocycles. The van der Waals surface area contributed by atoms with Crippen molar-refractivity contribution in [1.29, 1.82) is 0 Å². The lowest BCUT2D eigenvalue weighted by molar-refractivity contribution is -0.128. The minimum atomic E-state index is -0.253. The highest BCUT2D eigenvalue weighted by atomic mass is 16.3. The van der Waals surface area contributed by atoms with Crippen molar-refractivity contribution in [3.63, 3.8) is 0 Å². The number of rotatable bonds is 3. The highest BCUT2D eigenvalue weighted by Crippen LogP contribution is 2.47. The van der Waals surface area contributed by atoms with Gasteiger partial charge >= 0.3 is 0 Å². The molecule has 5 rings (SSSR count). The molecule has 0 radical (unpaired) electrons. The molecule has 3 saturated heterocycles. The van der Waals surface area contributed by atoms with E-state index >= 15 is 0 Å². The highest BCUT2D eigenvalue weighted by molar-refractivity contribution is 6.00. The Labute approximate surface area is 180 Å². The minimum absolute atomic E-state index is 0.229. The number of carbonyl (C=O) groups excluding carboxylic acids is 1. The van der Waals surface area contributed by atoms with Gasteiger partial charge in [-0.05, 0) is 52.0 Å². The number of amides is 1. The molecule has 1 unspecified atom stereocenters. The Balaban J connectivity index is 1.43. The number of aromatic nitrogens is 1. The first-order chi connectivity index (χ1) is 14.5. The summed E-state index contributed by atoms with van der Waals surface area (Å²) in [5.41, 5.74) is 1.72. The number of likely N-dealkylation sites (tertiary alicyclic amines) is 1. The topological polar surface area (TPSA) is 65.5 Å².